The lowest BCUT2D eigenvalue weighted by molar-refractivity contribution is -0.151. The highest BCUT2D eigenvalue weighted by molar-refractivity contribution is 7.47. The predicted octanol–water partition coefficient (Wildman–Crippen LogP) is 2.92. The van der Waals surface area contributed by atoms with Gasteiger partial charge in [-0.3, -0.25) is 28.9 Å². The summed E-state index contributed by atoms with van der Waals surface area (Å²) in [6, 6.07) is 13.3. The van der Waals surface area contributed by atoms with Crippen molar-refractivity contribution < 1.29 is 67.6 Å². The molecular formula is C32H45N2O14P. The van der Waals surface area contributed by atoms with Gasteiger partial charge in [0.15, 0.2) is 0 Å². The Hall–Kier alpha value is -4.05. The van der Waals surface area contributed by atoms with Crippen molar-refractivity contribution in [1.29, 1.82) is 0 Å². The third-order valence-corrected chi connectivity index (χ3v) is 8.82. The van der Waals surface area contributed by atoms with E-state index in [1.165, 1.54) is 4.90 Å². The number of aliphatic carboxylic acids is 4. The first-order valence-corrected chi connectivity index (χ1v) is 16.9. The van der Waals surface area contributed by atoms with Crippen LogP contribution in [0.3, 0.4) is 0 Å². The molecule has 0 aliphatic carbocycles. The number of nitrogens with one attached hydrogen (secondary N) is 1. The van der Waals surface area contributed by atoms with Gasteiger partial charge >= 0.3 is 31.7 Å². The fourth-order valence-corrected chi connectivity index (χ4v) is 6.09. The van der Waals surface area contributed by atoms with Crippen molar-refractivity contribution in [3.63, 3.8) is 0 Å². The Labute approximate surface area is 284 Å². The van der Waals surface area contributed by atoms with Gasteiger partial charge in [-0.15, -0.1) is 0 Å². The number of carbonyl (C=O) groups is 4. The first kappa shape index (κ1) is 41.1. The molecular weight excluding hydrogens is 667 g/mol. The van der Waals surface area contributed by atoms with Gasteiger partial charge < -0.3 is 34.8 Å². The molecule has 0 fully saturated rings. The third kappa shape index (κ3) is 14.1. The Bertz CT molecular complexity index is 1360. The van der Waals surface area contributed by atoms with E-state index in [0.29, 0.717) is 24.3 Å². The SMILES string of the molecule is COc1ccc(C(C)(CCCOP(=O)(O)OCC(CC(=O)O)CN(CCCNC(C(=O)O)C(=O)O)CC(=O)O)c2ccc(OC)cc2)cc1. The molecule has 6 N–H and O–H groups in total. The standard InChI is InChI=1S/C32H45N2O14P/c1-32(23-6-10-25(45-2)11-7-23,24-8-12-26(46-3)13-9-24)14-4-17-47-49(43,44)48-21-22(18-27(35)36)19-34(20-28(37)38)16-5-15-33-29(30(39)40)31(41)42/h6-13,22,29,33H,4-5,14-21H2,1-3H3,(H,35,36)(H,37,38)(H,39,40)(H,41,42)(H,43,44). The molecule has 2 rings (SSSR count). The van der Waals surface area contributed by atoms with Crippen molar-refractivity contribution in [2.75, 3.05) is 53.6 Å². The molecule has 17 heteroatoms. The molecule has 0 saturated heterocycles. The van der Waals surface area contributed by atoms with E-state index in [1.807, 2.05) is 55.5 Å². The fraction of sp³-hybridized carbons (Fsp3) is 0.500. The highest BCUT2D eigenvalue weighted by atomic mass is 31.2. The minimum atomic E-state index is -4.65. The zero-order valence-electron chi connectivity index (χ0n) is 27.6. The van der Waals surface area contributed by atoms with Gasteiger partial charge in [0.05, 0.1) is 40.4 Å². The minimum Gasteiger partial charge on any atom is -0.497 e. The van der Waals surface area contributed by atoms with Crippen molar-refractivity contribution in [3.05, 3.63) is 59.7 Å². The lowest BCUT2D eigenvalue weighted by atomic mass is 9.73. The van der Waals surface area contributed by atoms with Crippen LogP contribution in [0.5, 0.6) is 11.5 Å². The Morgan fingerprint density at radius 3 is 1.82 bits per heavy atom. The number of nitrogens with zero attached hydrogens (tertiary/aromatic N) is 1. The van der Waals surface area contributed by atoms with Crippen molar-refractivity contribution in [1.82, 2.24) is 10.2 Å². The maximum absolute atomic E-state index is 12.8. The lowest BCUT2D eigenvalue weighted by Crippen LogP contribution is -2.44. The number of hydrogen-bond acceptors (Lipinski definition) is 11. The van der Waals surface area contributed by atoms with Gasteiger partial charge in [-0.2, -0.15) is 0 Å². The van der Waals surface area contributed by atoms with E-state index < -0.39 is 68.6 Å². The molecule has 2 aromatic carbocycles. The Kier molecular flexibility index (Phi) is 16.6. The van der Waals surface area contributed by atoms with Crippen molar-refractivity contribution >= 4 is 31.7 Å². The first-order chi connectivity index (χ1) is 23.1. The van der Waals surface area contributed by atoms with Crippen LogP contribution in [0, 0.1) is 5.92 Å². The number of benzene rings is 2. The van der Waals surface area contributed by atoms with E-state index in [4.69, 9.17) is 28.7 Å². The Morgan fingerprint density at radius 2 is 1.37 bits per heavy atom. The summed E-state index contributed by atoms with van der Waals surface area (Å²) in [5.74, 6) is -5.20. The number of methoxy groups -OCH3 is 2. The molecule has 0 aliphatic heterocycles. The van der Waals surface area contributed by atoms with Crippen molar-refractivity contribution in [2.24, 2.45) is 5.92 Å². The summed E-state index contributed by atoms with van der Waals surface area (Å²) < 4.78 is 33.7. The van der Waals surface area contributed by atoms with Gasteiger partial charge in [0.1, 0.15) is 11.5 Å². The van der Waals surface area contributed by atoms with E-state index in [2.05, 4.69) is 5.32 Å². The summed E-state index contributed by atoms with van der Waals surface area (Å²) >= 11 is 0. The van der Waals surface area contributed by atoms with Crippen LogP contribution in [-0.2, 0) is 38.2 Å². The van der Waals surface area contributed by atoms with Crippen LogP contribution in [0.25, 0.3) is 0 Å². The van der Waals surface area contributed by atoms with Gasteiger partial charge in [0.2, 0.25) is 6.04 Å². The highest BCUT2D eigenvalue weighted by Crippen LogP contribution is 2.45. The molecule has 2 unspecified atom stereocenters. The number of carboxylic acid groups (broad SMARTS) is 4. The number of phosphoric acid groups is 1. The second-order valence-corrected chi connectivity index (χ2v) is 13.0. The number of hydrogen-bond donors (Lipinski definition) is 6. The molecule has 2 atom stereocenters. The molecule has 16 nitrogen and oxygen atoms in total. The zero-order chi connectivity index (χ0) is 36.6. The average molecular weight is 713 g/mol. The molecule has 0 aromatic heterocycles. The van der Waals surface area contributed by atoms with Gasteiger partial charge in [-0.05, 0) is 67.7 Å². The normalized spacial score (nSPS) is 13.5. The smallest absolute Gasteiger partial charge is 0.472 e. The molecule has 272 valence electrons. The number of ether oxygens (including phenoxy) is 2. The molecule has 0 amide bonds. The fourth-order valence-electron chi connectivity index (χ4n) is 5.26. The van der Waals surface area contributed by atoms with E-state index in [9.17, 15) is 38.8 Å². The molecule has 2 aromatic rings. The summed E-state index contributed by atoms with van der Waals surface area (Å²) in [6.45, 7) is 0.589. The van der Waals surface area contributed by atoms with Crippen molar-refractivity contribution in [2.45, 2.75) is 44.1 Å². The maximum atomic E-state index is 12.8. The second-order valence-electron chi connectivity index (χ2n) is 11.5. The summed E-state index contributed by atoms with van der Waals surface area (Å²) in [5.41, 5.74) is 1.42. The molecule has 0 radical (unpaired) electrons. The van der Waals surface area contributed by atoms with Crippen LogP contribution in [0.1, 0.15) is 43.7 Å². The summed E-state index contributed by atoms with van der Waals surface area (Å²) in [5, 5.41) is 39.0. The maximum Gasteiger partial charge on any atom is 0.472 e. The van der Waals surface area contributed by atoms with Crippen LogP contribution < -0.4 is 14.8 Å². The lowest BCUT2D eigenvalue weighted by Gasteiger charge is -2.31. The number of phosphoric ester groups is 1. The topological polar surface area (TPSA) is 239 Å². The highest BCUT2D eigenvalue weighted by Gasteiger charge is 2.31. The van der Waals surface area contributed by atoms with Crippen LogP contribution >= 0.6 is 7.82 Å². The van der Waals surface area contributed by atoms with E-state index in [0.717, 1.165) is 11.1 Å². The summed E-state index contributed by atoms with van der Waals surface area (Å²) in [6.07, 6.45) is 0.452. The minimum absolute atomic E-state index is 0.0236. The molecule has 0 heterocycles. The van der Waals surface area contributed by atoms with Gasteiger partial charge in [-0.1, -0.05) is 31.2 Å². The molecule has 0 saturated carbocycles. The van der Waals surface area contributed by atoms with E-state index in [1.54, 1.807) is 14.2 Å². The quantitative estimate of drug-likeness (QED) is 0.0493. The third-order valence-electron chi connectivity index (χ3n) is 7.84. The van der Waals surface area contributed by atoms with Crippen LogP contribution in [0.15, 0.2) is 48.5 Å². The van der Waals surface area contributed by atoms with E-state index in [-0.39, 0.29) is 32.7 Å². The molecule has 0 spiro atoms. The summed E-state index contributed by atoms with van der Waals surface area (Å²) in [7, 11) is -1.50. The van der Waals surface area contributed by atoms with Gasteiger partial charge in [0.25, 0.3) is 0 Å². The monoisotopic (exact) mass is 712 g/mol. The van der Waals surface area contributed by atoms with E-state index >= 15 is 0 Å². The first-order valence-electron chi connectivity index (χ1n) is 15.4. The van der Waals surface area contributed by atoms with Gasteiger partial charge in [0, 0.05) is 17.9 Å². The number of rotatable bonds is 25. The summed E-state index contributed by atoms with van der Waals surface area (Å²) in [4.78, 5) is 56.8. The molecule has 0 bridgehead atoms. The Morgan fingerprint density at radius 1 is 0.837 bits per heavy atom. The van der Waals surface area contributed by atoms with Crippen LogP contribution in [0.4, 0.5) is 0 Å². The van der Waals surface area contributed by atoms with Crippen LogP contribution in [-0.4, -0.2) is 114 Å². The molecule has 49 heavy (non-hydrogen) atoms. The number of carboxylic acids is 4. The zero-order valence-corrected chi connectivity index (χ0v) is 28.5. The van der Waals surface area contributed by atoms with Crippen molar-refractivity contribution in [3.8, 4) is 11.5 Å². The predicted molar refractivity (Wildman–Crippen MR) is 175 cm³/mol. The molecule has 0 aliphatic rings. The van der Waals surface area contributed by atoms with Gasteiger partial charge in [-0.25, -0.2) is 14.2 Å². The largest absolute Gasteiger partial charge is 0.497 e. The average Bonchev–Trinajstić information content (AvgIpc) is 3.04. The second kappa shape index (κ2) is 19.8. The van der Waals surface area contributed by atoms with Crippen LogP contribution in [0.2, 0.25) is 0 Å². The Balaban J connectivity index is 2.02.